The maximum atomic E-state index is 12.9. The second-order valence-corrected chi connectivity index (χ2v) is 3.90. The number of aromatic nitrogens is 2. The maximum Gasteiger partial charge on any atom is 0.356 e. The van der Waals surface area contributed by atoms with Crippen molar-refractivity contribution in [3.8, 4) is 11.4 Å². The van der Waals surface area contributed by atoms with E-state index in [9.17, 15) is 9.18 Å². The number of halogens is 2. The molecule has 0 amide bonds. The van der Waals surface area contributed by atoms with Gasteiger partial charge in [0.05, 0.1) is 17.8 Å². The van der Waals surface area contributed by atoms with Crippen molar-refractivity contribution < 1.29 is 13.9 Å². The molecule has 1 aromatic heterocycles. The molecule has 2 rings (SSSR count). The Kier molecular flexibility index (Phi) is 3.62. The molecule has 18 heavy (non-hydrogen) atoms. The second-order valence-electron chi connectivity index (χ2n) is 3.49. The zero-order chi connectivity index (χ0) is 13.1. The first kappa shape index (κ1) is 12.6. The van der Waals surface area contributed by atoms with Crippen LogP contribution in [0.25, 0.3) is 11.4 Å². The molecule has 0 saturated carbocycles. The third-order valence-electron chi connectivity index (χ3n) is 2.26. The number of nitrogens with one attached hydrogen (secondary N) is 1. The Labute approximate surface area is 108 Å². The van der Waals surface area contributed by atoms with Gasteiger partial charge in [0.15, 0.2) is 0 Å². The summed E-state index contributed by atoms with van der Waals surface area (Å²) in [5.41, 5.74) is 0.751. The molecule has 6 heteroatoms. The average molecular weight is 269 g/mol. The van der Waals surface area contributed by atoms with Crippen LogP contribution in [-0.2, 0) is 4.74 Å². The molecule has 2 aromatic rings. The molecular weight excluding hydrogens is 259 g/mol. The summed E-state index contributed by atoms with van der Waals surface area (Å²) >= 11 is 5.90. The number of imidazole rings is 1. The molecule has 0 atom stereocenters. The summed E-state index contributed by atoms with van der Waals surface area (Å²) in [6.07, 6.45) is 1.35. The number of esters is 1. The first-order valence-electron chi connectivity index (χ1n) is 5.29. The van der Waals surface area contributed by atoms with Crippen LogP contribution in [0.2, 0.25) is 5.02 Å². The maximum absolute atomic E-state index is 12.9. The first-order chi connectivity index (χ1) is 8.61. The highest BCUT2D eigenvalue weighted by Gasteiger charge is 2.13. The van der Waals surface area contributed by atoms with Crippen molar-refractivity contribution in [1.29, 1.82) is 0 Å². The fourth-order valence-corrected chi connectivity index (χ4v) is 1.71. The van der Waals surface area contributed by atoms with Gasteiger partial charge in [0.1, 0.15) is 17.3 Å². The summed E-state index contributed by atoms with van der Waals surface area (Å²) in [4.78, 5) is 18.2. The Hall–Kier alpha value is -1.88. The van der Waals surface area contributed by atoms with Crippen LogP contribution in [0.4, 0.5) is 4.39 Å². The predicted octanol–water partition coefficient (Wildman–Crippen LogP) is 3.05. The van der Waals surface area contributed by atoms with Crippen LogP contribution >= 0.6 is 11.6 Å². The summed E-state index contributed by atoms with van der Waals surface area (Å²) in [5, 5.41) is 0.222. The largest absolute Gasteiger partial charge is 0.461 e. The van der Waals surface area contributed by atoms with Crippen molar-refractivity contribution in [1.82, 2.24) is 9.97 Å². The van der Waals surface area contributed by atoms with Gasteiger partial charge in [-0.3, -0.25) is 0 Å². The molecule has 0 fully saturated rings. The summed E-state index contributed by atoms with van der Waals surface area (Å²) in [6.45, 7) is 2.00. The van der Waals surface area contributed by atoms with Gasteiger partial charge in [-0.05, 0) is 25.1 Å². The highest BCUT2D eigenvalue weighted by molar-refractivity contribution is 6.33. The molecule has 1 N–H and O–H groups in total. The highest BCUT2D eigenvalue weighted by Crippen LogP contribution is 2.26. The van der Waals surface area contributed by atoms with Crippen molar-refractivity contribution >= 4 is 17.6 Å². The van der Waals surface area contributed by atoms with Crippen LogP contribution in [0, 0.1) is 5.82 Å². The van der Waals surface area contributed by atoms with Crippen molar-refractivity contribution in [2.75, 3.05) is 6.61 Å². The average Bonchev–Trinajstić information content (AvgIpc) is 2.78. The number of rotatable bonds is 3. The number of carbonyl (C=O) groups excluding carboxylic acids is 1. The lowest BCUT2D eigenvalue weighted by molar-refractivity contribution is 0.0520. The summed E-state index contributed by atoms with van der Waals surface area (Å²) in [5.74, 6) is -0.529. The van der Waals surface area contributed by atoms with Crippen molar-refractivity contribution in [3.63, 3.8) is 0 Å². The van der Waals surface area contributed by atoms with Gasteiger partial charge < -0.3 is 9.72 Å². The van der Waals surface area contributed by atoms with Crippen molar-refractivity contribution in [3.05, 3.63) is 40.9 Å². The van der Waals surface area contributed by atoms with E-state index in [-0.39, 0.29) is 17.3 Å². The van der Waals surface area contributed by atoms with Crippen LogP contribution in [0.15, 0.2) is 24.4 Å². The van der Waals surface area contributed by atoms with Crippen LogP contribution in [0.3, 0.4) is 0 Å². The molecule has 0 saturated heterocycles. The van der Waals surface area contributed by atoms with Gasteiger partial charge in [-0.25, -0.2) is 14.2 Å². The Morgan fingerprint density at radius 1 is 1.56 bits per heavy atom. The fourth-order valence-electron chi connectivity index (χ4n) is 1.45. The van der Waals surface area contributed by atoms with Crippen LogP contribution in [-0.4, -0.2) is 22.5 Å². The molecule has 0 aliphatic carbocycles. The fraction of sp³-hybridized carbons (Fsp3) is 0.167. The smallest absolute Gasteiger partial charge is 0.356 e. The molecule has 0 aliphatic rings. The van der Waals surface area contributed by atoms with E-state index < -0.39 is 11.8 Å². The van der Waals surface area contributed by atoms with Crippen LogP contribution in [0.5, 0.6) is 0 Å². The van der Waals surface area contributed by atoms with E-state index in [1.54, 1.807) is 6.92 Å². The van der Waals surface area contributed by atoms with E-state index in [1.807, 2.05) is 0 Å². The zero-order valence-corrected chi connectivity index (χ0v) is 10.3. The molecule has 0 spiro atoms. The molecule has 0 bridgehead atoms. The Morgan fingerprint density at radius 2 is 2.33 bits per heavy atom. The van der Waals surface area contributed by atoms with Gasteiger partial charge in [0.2, 0.25) is 0 Å². The lowest BCUT2D eigenvalue weighted by atomic mass is 10.2. The monoisotopic (exact) mass is 268 g/mol. The number of hydrogen-bond acceptors (Lipinski definition) is 3. The van der Waals surface area contributed by atoms with Gasteiger partial charge in [-0.1, -0.05) is 11.6 Å². The SMILES string of the molecule is CCOC(=O)c1cnc(-c2ccc(F)cc2Cl)[nH]1. The van der Waals surface area contributed by atoms with Gasteiger partial charge in [-0.2, -0.15) is 0 Å². The Balaban J connectivity index is 2.32. The molecule has 0 aliphatic heterocycles. The topological polar surface area (TPSA) is 55.0 Å². The number of nitrogens with zero attached hydrogens (tertiary/aromatic N) is 1. The van der Waals surface area contributed by atoms with Gasteiger partial charge in [0, 0.05) is 5.56 Å². The molecule has 0 unspecified atom stereocenters. The van der Waals surface area contributed by atoms with Crippen LogP contribution < -0.4 is 0 Å². The third-order valence-corrected chi connectivity index (χ3v) is 2.57. The lowest BCUT2D eigenvalue weighted by Crippen LogP contribution is -2.04. The van der Waals surface area contributed by atoms with E-state index in [4.69, 9.17) is 16.3 Å². The zero-order valence-electron chi connectivity index (χ0n) is 9.54. The van der Waals surface area contributed by atoms with E-state index in [0.717, 1.165) is 0 Å². The minimum Gasteiger partial charge on any atom is -0.461 e. The second kappa shape index (κ2) is 5.18. The normalized spacial score (nSPS) is 10.4. The number of benzene rings is 1. The standard InChI is InChI=1S/C12H10ClFN2O2/c1-2-18-12(17)10-6-15-11(16-10)8-4-3-7(14)5-9(8)13/h3-6H,2H2,1H3,(H,15,16). The summed E-state index contributed by atoms with van der Waals surface area (Å²) in [6, 6.07) is 3.95. The van der Waals surface area contributed by atoms with Crippen LogP contribution in [0.1, 0.15) is 17.4 Å². The predicted molar refractivity (Wildman–Crippen MR) is 64.9 cm³/mol. The molecule has 0 radical (unpaired) electrons. The van der Waals surface area contributed by atoms with E-state index in [0.29, 0.717) is 11.4 Å². The van der Waals surface area contributed by atoms with E-state index >= 15 is 0 Å². The minimum atomic E-state index is -0.491. The molecule has 1 heterocycles. The Bertz CT molecular complexity index is 583. The summed E-state index contributed by atoms with van der Waals surface area (Å²) < 4.78 is 17.7. The Morgan fingerprint density at radius 3 is 3.00 bits per heavy atom. The van der Waals surface area contributed by atoms with Gasteiger partial charge in [-0.15, -0.1) is 0 Å². The minimum absolute atomic E-state index is 0.222. The number of ether oxygens (including phenoxy) is 1. The summed E-state index contributed by atoms with van der Waals surface area (Å²) in [7, 11) is 0. The van der Waals surface area contributed by atoms with E-state index in [1.165, 1.54) is 24.4 Å². The quantitative estimate of drug-likeness (QED) is 0.871. The van der Waals surface area contributed by atoms with Crippen molar-refractivity contribution in [2.24, 2.45) is 0 Å². The van der Waals surface area contributed by atoms with Gasteiger partial charge >= 0.3 is 5.97 Å². The van der Waals surface area contributed by atoms with E-state index in [2.05, 4.69) is 9.97 Å². The third kappa shape index (κ3) is 2.51. The number of hydrogen-bond donors (Lipinski definition) is 1. The molecule has 4 nitrogen and oxygen atoms in total. The molecule has 94 valence electrons. The van der Waals surface area contributed by atoms with Crippen molar-refractivity contribution in [2.45, 2.75) is 6.92 Å². The molecular formula is C12H10ClFN2O2. The first-order valence-corrected chi connectivity index (χ1v) is 5.67. The highest BCUT2D eigenvalue weighted by atomic mass is 35.5. The molecule has 1 aromatic carbocycles. The lowest BCUT2D eigenvalue weighted by Gasteiger charge is -2.00. The number of carbonyl (C=O) groups is 1. The van der Waals surface area contributed by atoms with Gasteiger partial charge in [0.25, 0.3) is 0 Å². The number of H-pyrrole nitrogens is 1. The number of aromatic amines is 1.